The minimum Gasteiger partial charge on any atom is -0.296 e. The summed E-state index contributed by atoms with van der Waals surface area (Å²) in [5.41, 5.74) is 0.340. The van der Waals surface area contributed by atoms with Gasteiger partial charge in [0.15, 0.2) is 5.78 Å². The predicted octanol–water partition coefficient (Wildman–Crippen LogP) is 3.68. The number of amides is 1. The Balaban J connectivity index is 1.71. The van der Waals surface area contributed by atoms with Gasteiger partial charge < -0.3 is 0 Å². The van der Waals surface area contributed by atoms with Gasteiger partial charge in [0.05, 0.1) is 17.0 Å². The zero-order valence-corrected chi connectivity index (χ0v) is 23.9. The standard InChI is InChI=1S/C29H30N4O6S2/c1-2-3-18-25(26(34)21-31-40(36,37)24-16-8-5-9-17-24)33(29(35)23-12-6-4-7-13-23)32-41(38,39)27-19-10-14-22-15-11-20-30-28(22)27/h4-17,19-20,25,31-32H,2-3,18,21H2,1H3. The number of carbonyl (C=O) groups excluding carboxylic acids is 2. The van der Waals surface area contributed by atoms with Gasteiger partial charge in [-0.2, -0.15) is 0 Å². The van der Waals surface area contributed by atoms with Crippen molar-refractivity contribution in [3.05, 3.63) is 103 Å². The summed E-state index contributed by atoms with van der Waals surface area (Å²) >= 11 is 0. The van der Waals surface area contributed by atoms with Crippen molar-refractivity contribution in [2.75, 3.05) is 6.54 Å². The third-order valence-corrected chi connectivity index (χ3v) is 9.11. The number of sulfonamides is 2. The minimum absolute atomic E-state index is 0.0284. The number of aromatic nitrogens is 1. The fourth-order valence-electron chi connectivity index (χ4n) is 4.24. The summed E-state index contributed by atoms with van der Waals surface area (Å²) in [5, 5.41) is 1.37. The molecule has 4 aromatic rings. The van der Waals surface area contributed by atoms with Crippen molar-refractivity contribution in [2.24, 2.45) is 0 Å². The zero-order valence-electron chi connectivity index (χ0n) is 22.3. The summed E-state index contributed by atoms with van der Waals surface area (Å²) in [6, 6.07) is 22.2. The van der Waals surface area contributed by atoms with E-state index in [2.05, 4.69) is 14.5 Å². The SMILES string of the molecule is CCCCC(C(=O)CNS(=O)(=O)c1ccccc1)N(NS(=O)(=O)c1cccc2cccnc12)C(=O)c1ccccc1. The average molecular weight is 595 g/mol. The van der Waals surface area contributed by atoms with E-state index < -0.39 is 44.3 Å². The van der Waals surface area contributed by atoms with Crippen LogP contribution < -0.4 is 9.55 Å². The van der Waals surface area contributed by atoms with Gasteiger partial charge in [-0.05, 0) is 42.8 Å². The number of benzene rings is 3. The van der Waals surface area contributed by atoms with Crippen molar-refractivity contribution in [2.45, 2.75) is 42.0 Å². The van der Waals surface area contributed by atoms with E-state index in [4.69, 9.17) is 0 Å². The number of pyridine rings is 1. The molecule has 2 N–H and O–H groups in total. The molecule has 0 bridgehead atoms. The highest BCUT2D eigenvalue weighted by Crippen LogP contribution is 2.22. The van der Waals surface area contributed by atoms with Crippen molar-refractivity contribution in [3.63, 3.8) is 0 Å². The van der Waals surface area contributed by atoms with Gasteiger partial charge in [0.2, 0.25) is 10.0 Å². The van der Waals surface area contributed by atoms with E-state index in [-0.39, 0.29) is 27.3 Å². The molecule has 4 rings (SSSR count). The number of hydrogen-bond donors (Lipinski definition) is 2. The molecule has 10 nitrogen and oxygen atoms in total. The Hall–Kier alpha value is -3.97. The Morgan fingerprint density at radius 1 is 0.829 bits per heavy atom. The van der Waals surface area contributed by atoms with Gasteiger partial charge in [0.1, 0.15) is 10.9 Å². The molecule has 3 aromatic carbocycles. The molecule has 214 valence electrons. The molecule has 0 radical (unpaired) electrons. The molecule has 0 aliphatic carbocycles. The fraction of sp³-hybridized carbons (Fsp3) is 0.207. The average Bonchev–Trinajstić information content (AvgIpc) is 2.99. The molecule has 1 atom stereocenters. The highest BCUT2D eigenvalue weighted by molar-refractivity contribution is 7.90. The van der Waals surface area contributed by atoms with Gasteiger partial charge in [0.25, 0.3) is 15.9 Å². The summed E-state index contributed by atoms with van der Waals surface area (Å²) < 4.78 is 55.3. The van der Waals surface area contributed by atoms with Gasteiger partial charge in [0, 0.05) is 17.1 Å². The maximum atomic E-state index is 13.7. The second kappa shape index (κ2) is 13.1. The third kappa shape index (κ3) is 7.22. The number of carbonyl (C=O) groups is 2. The van der Waals surface area contributed by atoms with Crippen LogP contribution in [0, 0.1) is 0 Å². The highest BCUT2D eigenvalue weighted by Gasteiger charge is 2.35. The maximum Gasteiger partial charge on any atom is 0.269 e. The van der Waals surface area contributed by atoms with Gasteiger partial charge in [-0.1, -0.05) is 74.4 Å². The van der Waals surface area contributed by atoms with Gasteiger partial charge in [-0.25, -0.2) is 26.6 Å². The number of hydrazine groups is 1. The number of nitrogens with one attached hydrogen (secondary N) is 2. The second-order valence-corrected chi connectivity index (χ2v) is 12.6. The number of unbranched alkanes of at least 4 members (excludes halogenated alkanes) is 1. The summed E-state index contributed by atoms with van der Waals surface area (Å²) in [4.78, 5) is 33.7. The first-order valence-corrected chi connectivity index (χ1v) is 15.9. The van der Waals surface area contributed by atoms with Crippen molar-refractivity contribution in [1.29, 1.82) is 0 Å². The molecule has 0 saturated heterocycles. The third-order valence-electron chi connectivity index (χ3n) is 6.35. The van der Waals surface area contributed by atoms with Crippen LogP contribution in [-0.4, -0.2) is 51.1 Å². The number of para-hydroxylation sites is 1. The number of nitrogens with zero attached hydrogens (tertiary/aromatic N) is 2. The Bertz CT molecular complexity index is 1730. The number of rotatable bonds is 13. The lowest BCUT2D eigenvalue weighted by atomic mass is 10.0. The van der Waals surface area contributed by atoms with Crippen molar-refractivity contribution in [1.82, 2.24) is 19.5 Å². The van der Waals surface area contributed by atoms with Crippen molar-refractivity contribution >= 4 is 42.6 Å². The first-order chi connectivity index (χ1) is 19.6. The molecule has 0 fully saturated rings. The highest BCUT2D eigenvalue weighted by atomic mass is 32.2. The van der Waals surface area contributed by atoms with E-state index in [0.29, 0.717) is 18.2 Å². The Morgan fingerprint density at radius 2 is 1.49 bits per heavy atom. The lowest BCUT2D eigenvalue weighted by Crippen LogP contribution is -2.56. The number of ketones is 1. The first kappa shape index (κ1) is 30.0. The number of fused-ring (bicyclic) bond motifs is 1. The van der Waals surface area contributed by atoms with Crippen LogP contribution in [0.2, 0.25) is 0 Å². The van der Waals surface area contributed by atoms with Crippen molar-refractivity contribution in [3.8, 4) is 0 Å². The second-order valence-electron chi connectivity index (χ2n) is 9.23. The van der Waals surface area contributed by atoms with Crippen molar-refractivity contribution < 1.29 is 26.4 Å². The van der Waals surface area contributed by atoms with Gasteiger partial charge >= 0.3 is 0 Å². The maximum absolute atomic E-state index is 13.7. The van der Waals surface area contributed by atoms with Crippen LogP contribution >= 0.6 is 0 Å². The normalized spacial score (nSPS) is 12.6. The molecular weight excluding hydrogens is 564 g/mol. The number of Topliss-reactive ketones (excluding diaryl/α,β-unsaturated/α-hetero) is 1. The largest absolute Gasteiger partial charge is 0.296 e. The molecule has 12 heteroatoms. The summed E-state index contributed by atoms with van der Waals surface area (Å²) in [6.07, 6.45) is 2.67. The van der Waals surface area contributed by atoms with E-state index in [1.165, 1.54) is 36.5 Å². The van der Waals surface area contributed by atoms with Crippen LogP contribution in [0.3, 0.4) is 0 Å². The number of hydrogen-bond acceptors (Lipinski definition) is 7. The summed E-state index contributed by atoms with van der Waals surface area (Å²) in [7, 11) is -8.46. The summed E-state index contributed by atoms with van der Waals surface area (Å²) in [6.45, 7) is 1.23. The predicted molar refractivity (Wildman–Crippen MR) is 155 cm³/mol. The molecule has 1 unspecified atom stereocenters. The molecular formula is C29H30N4O6S2. The first-order valence-electron chi connectivity index (χ1n) is 13.0. The van der Waals surface area contributed by atoms with Crippen LogP contribution in [0.15, 0.2) is 107 Å². The monoisotopic (exact) mass is 594 g/mol. The van der Waals surface area contributed by atoms with E-state index in [1.807, 2.05) is 6.92 Å². The van der Waals surface area contributed by atoms with Gasteiger partial charge in [-0.15, -0.1) is 4.83 Å². The minimum atomic E-state index is -4.43. The Labute approximate surface area is 239 Å². The topological polar surface area (TPSA) is 143 Å². The van der Waals surface area contributed by atoms with Crippen LogP contribution in [0.5, 0.6) is 0 Å². The lowest BCUT2D eigenvalue weighted by molar-refractivity contribution is -0.123. The van der Waals surface area contributed by atoms with Crippen LogP contribution in [0.4, 0.5) is 0 Å². The molecule has 41 heavy (non-hydrogen) atoms. The molecule has 0 saturated carbocycles. The van der Waals surface area contributed by atoms with Crippen LogP contribution in [0.25, 0.3) is 10.9 Å². The molecule has 1 aromatic heterocycles. The molecule has 0 spiro atoms. The van der Waals surface area contributed by atoms with E-state index >= 15 is 0 Å². The molecule has 1 amide bonds. The quantitative estimate of drug-likeness (QED) is 0.225. The molecule has 0 aliphatic heterocycles. The molecule has 0 aliphatic rings. The van der Waals surface area contributed by atoms with Crippen LogP contribution in [-0.2, 0) is 24.8 Å². The van der Waals surface area contributed by atoms with E-state index in [1.54, 1.807) is 60.7 Å². The van der Waals surface area contributed by atoms with E-state index in [0.717, 1.165) is 5.01 Å². The van der Waals surface area contributed by atoms with Gasteiger partial charge in [-0.3, -0.25) is 14.6 Å². The van der Waals surface area contributed by atoms with Crippen LogP contribution in [0.1, 0.15) is 36.5 Å². The smallest absolute Gasteiger partial charge is 0.269 e. The Kier molecular flexibility index (Phi) is 9.61. The lowest BCUT2D eigenvalue weighted by Gasteiger charge is -2.31. The fourth-order valence-corrected chi connectivity index (χ4v) is 6.50. The Morgan fingerprint density at radius 3 is 2.17 bits per heavy atom. The van der Waals surface area contributed by atoms with E-state index in [9.17, 15) is 26.4 Å². The zero-order chi connectivity index (χ0) is 29.5. The molecule has 1 heterocycles. The summed E-state index contributed by atoms with van der Waals surface area (Å²) in [5.74, 6) is -1.44.